The highest BCUT2D eigenvalue weighted by molar-refractivity contribution is 4.94. The Hall–Kier alpha value is -0.240. The normalized spacial score (nSPS) is 35.5. The van der Waals surface area contributed by atoms with Crippen LogP contribution < -0.4 is 0 Å². The standard InChI is InChI=1S/C30H62N6/c1-22(2)34-16-25(7)31(9)27(18-34)12-14-29-20-36(24(5)6)21-30(33(29)11)15-13-28-19-35(23(3)4)17-26(8)32(28)10/h22-30H,12-21H2,1-11H3/t25-,26-,27-,28+,29-,30+/m1/s1. The molecule has 0 N–H and O–H groups in total. The zero-order valence-corrected chi connectivity index (χ0v) is 26.0. The maximum absolute atomic E-state index is 2.79. The summed E-state index contributed by atoms with van der Waals surface area (Å²) in [6.45, 7) is 26.4. The number of likely N-dealkylation sites (N-methyl/N-ethyl adjacent to an activating group) is 3. The van der Waals surface area contributed by atoms with Gasteiger partial charge in [-0.3, -0.25) is 29.4 Å². The summed E-state index contributed by atoms with van der Waals surface area (Å²) in [5.41, 5.74) is 0. The topological polar surface area (TPSA) is 19.4 Å². The van der Waals surface area contributed by atoms with Crippen LogP contribution in [0.4, 0.5) is 0 Å². The van der Waals surface area contributed by atoms with Gasteiger partial charge in [-0.2, -0.15) is 0 Å². The van der Waals surface area contributed by atoms with Crippen LogP contribution >= 0.6 is 0 Å². The van der Waals surface area contributed by atoms with Gasteiger partial charge in [-0.25, -0.2) is 0 Å². The summed E-state index contributed by atoms with van der Waals surface area (Å²) in [6.07, 6.45) is 5.24. The van der Waals surface area contributed by atoms with Crippen molar-refractivity contribution in [3.05, 3.63) is 0 Å². The molecule has 0 aliphatic carbocycles. The highest BCUT2D eigenvalue weighted by Crippen LogP contribution is 2.27. The Balaban J connectivity index is 1.62. The molecule has 0 unspecified atom stereocenters. The van der Waals surface area contributed by atoms with E-state index in [1.807, 2.05) is 0 Å². The van der Waals surface area contributed by atoms with Gasteiger partial charge >= 0.3 is 0 Å². The van der Waals surface area contributed by atoms with Gasteiger partial charge in [-0.15, -0.1) is 0 Å². The minimum absolute atomic E-state index is 0.631. The Morgan fingerprint density at radius 1 is 0.444 bits per heavy atom. The average Bonchev–Trinajstić information content (AvgIpc) is 2.81. The second-order valence-corrected chi connectivity index (χ2v) is 13.6. The smallest absolute Gasteiger partial charge is 0.0224 e. The van der Waals surface area contributed by atoms with Gasteiger partial charge in [0.25, 0.3) is 0 Å². The van der Waals surface area contributed by atoms with E-state index in [1.54, 1.807) is 0 Å². The van der Waals surface area contributed by atoms with Crippen LogP contribution in [0, 0.1) is 0 Å². The third-order valence-electron chi connectivity index (χ3n) is 10.3. The molecule has 0 saturated carbocycles. The molecule has 6 heteroatoms. The highest BCUT2D eigenvalue weighted by Gasteiger charge is 2.37. The first-order chi connectivity index (χ1) is 16.9. The van der Waals surface area contributed by atoms with Gasteiger partial charge in [0.05, 0.1) is 0 Å². The van der Waals surface area contributed by atoms with Crippen molar-refractivity contribution in [1.82, 2.24) is 29.4 Å². The molecule has 0 aromatic carbocycles. The van der Waals surface area contributed by atoms with Crippen LogP contribution in [0.15, 0.2) is 0 Å². The Morgan fingerprint density at radius 3 is 0.972 bits per heavy atom. The lowest BCUT2D eigenvalue weighted by molar-refractivity contribution is -0.00641. The van der Waals surface area contributed by atoms with Crippen molar-refractivity contribution in [2.45, 2.75) is 135 Å². The molecule has 3 fully saturated rings. The van der Waals surface area contributed by atoms with Crippen molar-refractivity contribution in [1.29, 1.82) is 0 Å². The summed E-state index contributed by atoms with van der Waals surface area (Å²) in [5, 5.41) is 0. The zero-order valence-electron chi connectivity index (χ0n) is 26.0. The van der Waals surface area contributed by atoms with E-state index in [0.29, 0.717) is 54.4 Å². The molecular formula is C30H62N6. The first kappa shape index (κ1) is 30.3. The largest absolute Gasteiger partial charge is 0.298 e. The van der Waals surface area contributed by atoms with Gasteiger partial charge in [-0.05, 0) is 102 Å². The number of hydrogen-bond acceptors (Lipinski definition) is 6. The fourth-order valence-electron chi connectivity index (χ4n) is 6.99. The van der Waals surface area contributed by atoms with Crippen molar-refractivity contribution in [3.63, 3.8) is 0 Å². The second-order valence-electron chi connectivity index (χ2n) is 13.6. The number of piperazine rings is 3. The molecule has 3 saturated heterocycles. The summed E-state index contributed by atoms with van der Waals surface area (Å²) in [6, 6.07) is 5.91. The molecule has 3 rings (SSSR count). The molecule has 0 bridgehead atoms. The lowest BCUT2D eigenvalue weighted by Gasteiger charge is -2.50. The lowest BCUT2D eigenvalue weighted by Crippen LogP contribution is -2.61. The van der Waals surface area contributed by atoms with E-state index in [-0.39, 0.29) is 0 Å². The third kappa shape index (κ3) is 7.45. The van der Waals surface area contributed by atoms with E-state index in [1.165, 1.54) is 65.0 Å². The van der Waals surface area contributed by atoms with Gasteiger partial charge in [-0.1, -0.05) is 0 Å². The summed E-state index contributed by atoms with van der Waals surface area (Å²) in [5.74, 6) is 0. The summed E-state index contributed by atoms with van der Waals surface area (Å²) < 4.78 is 0. The van der Waals surface area contributed by atoms with E-state index in [4.69, 9.17) is 0 Å². The van der Waals surface area contributed by atoms with Crippen molar-refractivity contribution in [2.75, 3.05) is 60.4 Å². The fraction of sp³-hybridized carbons (Fsp3) is 1.00. The first-order valence-corrected chi connectivity index (χ1v) is 15.3. The lowest BCUT2D eigenvalue weighted by atomic mass is 9.93. The summed E-state index contributed by atoms with van der Waals surface area (Å²) in [4.78, 5) is 16.3. The highest BCUT2D eigenvalue weighted by atomic mass is 15.3. The van der Waals surface area contributed by atoms with E-state index >= 15 is 0 Å². The maximum Gasteiger partial charge on any atom is 0.0224 e. The molecule has 6 atom stereocenters. The molecule has 3 aliphatic heterocycles. The SMILES string of the molecule is CC(C)N1C[C@@H](CC[C@@H]2CN(C(C)C)C[C@@H](C)N2C)N(C)[C@@H](CC[C@H]2CN(C(C)C)C[C@@H](C)N2C)C1. The van der Waals surface area contributed by atoms with Gasteiger partial charge < -0.3 is 0 Å². The monoisotopic (exact) mass is 507 g/mol. The molecule has 3 heterocycles. The van der Waals surface area contributed by atoms with E-state index in [0.717, 1.165) is 0 Å². The molecule has 0 aromatic heterocycles. The van der Waals surface area contributed by atoms with Crippen LogP contribution in [0.5, 0.6) is 0 Å². The first-order valence-electron chi connectivity index (χ1n) is 15.3. The van der Waals surface area contributed by atoms with Crippen molar-refractivity contribution < 1.29 is 0 Å². The molecular weight excluding hydrogens is 444 g/mol. The molecule has 212 valence electrons. The van der Waals surface area contributed by atoms with Gasteiger partial charge in [0.15, 0.2) is 0 Å². The minimum atomic E-state index is 0.631. The third-order valence-corrected chi connectivity index (χ3v) is 10.3. The van der Waals surface area contributed by atoms with Crippen LogP contribution in [-0.4, -0.2) is 144 Å². The van der Waals surface area contributed by atoms with E-state index in [2.05, 4.69) is 106 Å². The van der Waals surface area contributed by atoms with Crippen LogP contribution in [0.3, 0.4) is 0 Å². The van der Waals surface area contributed by atoms with E-state index < -0.39 is 0 Å². The number of nitrogens with zero attached hydrogens (tertiary/aromatic N) is 6. The second kappa shape index (κ2) is 13.2. The van der Waals surface area contributed by atoms with Crippen LogP contribution in [0.1, 0.15) is 81.1 Å². The Morgan fingerprint density at radius 2 is 0.694 bits per heavy atom. The summed E-state index contributed by atoms with van der Waals surface area (Å²) >= 11 is 0. The molecule has 0 spiro atoms. The predicted octanol–water partition coefficient (Wildman–Crippen LogP) is 3.77. The number of hydrogen-bond donors (Lipinski definition) is 0. The van der Waals surface area contributed by atoms with Crippen molar-refractivity contribution in [2.24, 2.45) is 0 Å². The van der Waals surface area contributed by atoms with Crippen LogP contribution in [-0.2, 0) is 0 Å². The fourth-order valence-corrected chi connectivity index (χ4v) is 6.99. The molecule has 36 heavy (non-hydrogen) atoms. The number of rotatable bonds is 9. The minimum Gasteiger partial charge on any atom is -0.298 e. The molecule has 6 nitrogen and oxygen atoms in total. The van der Waals surface area contributed by atoms with Gasteiger partial charge in [0, 0.05) is 93.6 Å². The Kier molecular flexibility index (Phi) is 11.1. The molecule has 0 aromatic rings. The molecule has 0 amide bonds. The van der Waals surface area contributed by atoms with E-state index in [9.17, 15) is 0 Å². The van der Waals surface area contributed by atoms with Crippen molar-refractivity contribution >= 4 is 0 Å². The summed E-state index contributed by atoms with van der Waals surface area (Å²) in [7, 11) is 7.17. The quantitative estimate of drug-likeness (QED) is 0.471. The maximum atomic E-state index is 2.79. The Bertz CT molecular complexity index is 603. The average molecular weight is 507 g/mol. The van der Waals surface area contributed by atoms with Crippen LogP contribution in [0.2, 0.25) is 0 Å². The molecule has 0 radical (unpaired) electrons. The zero-order chi connectivity index (χ0) is 26.7. The predicted molar refractivity (Wildman–Crippen MR) is 156 cm³/mol. The Labute approximate surface area is 225 Å². The van der Waals surface area contributed by atoms with Crippen LogP contribution in [0.25, 0.3) is 0 Å². The van der Waals surface area contributed by atoms with Gasteiger partial charge in [0.1, 0.15) is 0 Å². The van der Waals surface area contributed by atoms with Gasteiger partial charge in [0.2, 0.25) is 0 Å². The van der Waals surface area contributed by atoms with Crippen molar-refractivity contribution in [3.8, 4) is 0 Å². The molecule has 3 aliphatic rings.